The van der Waals surface area contributed by atoms with E-state index in [-0.39, 0.29) is 18.0 Å². The van der Waals surface area contributed by atoms with E-state index in [1.54, 1.807) is 18.4 Å². The summed E-state index contributed by atoms with van der Waals surface area (Å²) in [5.74, 6) is 0.405. The number of hydrogen-bond acceptors (Lipinski definition) is 5. The van der Waals surface area contributed by atoms with Crippen LogP contribution in [0.2, 0.25) is 0 Å². The monoisotopic (exact) mass is 317 g/mol. The Morgan fingerprint density at radius 3 is 3.00 bits per heavy atom. The Bertz CT molecular complexity index is 877. The lowest BCUT2D eigenvalue weighted by molar-refractivity contribution is -0.121. The van der Waals surface area contributed by atoms with Crippen LogP contribution in [0.25, 0.3) is 10.2 Å². The number of nitrogens with one attached hydrogen (secondary N) is 1. The maximum absolute atomic E-state index is 12.5. The van der Waals surface area contributed by atoms with Gasteiger partial charge in [-0.3, -0.25) is 14.2 Å². The van der Waals surface area contributed by atoms with Gasteiger partial charge in [0.05, 0.1) is 24.5 Å². The molecule has 3 aromatic heterocycles. The molecule has 0 aliphatic carbocycles. The van der Waals surface area contributed by atoms with E-state index in [2.05, 4.69) is 10.3 Å². The lowest BCUT2D eigenvalue weighted by atomic mass is 10.2. The van der Waals surface area contributed by atoms with Crippen molar-refractivity contribution in [1.82, 2.24) is 14.9 Å². The van der Waals surface area contributed by atoms with Crippen LogP contribution in [0.3, 0.4) is 0 Å². The molecule has 0 saturated heterocycles. The van der Waals surface area contributed by atoms with Gasteiger partial charge in [-0.05, 0) is 31.5 Å². The first kappa shape index (κ1) is 14.5. The van der Waals surface area contributed by atoms with Crippen LogP contribution in [-0.2, 0) is 17.9 Å². The van der Waals surface area contributed by atoms with E-state index in [0.717, 1.165) is 10.4 Å². The smallest absolute Gasteiger partial charge is 0.262 e. The van der Waals surface area contributed by atoms with Crippen LogP contribution in [0.4, 0.5) is 0 Å². The van der Waals surface area contributed by atoms with Gasteiger partial charge < -0.3 is 9.73 Å². The van der Waals surface area contributed by atoms with Crippen LogP contribution < -0.4 is 10.9 Å². The van der Waals surface area contributed by atoms with Crippen molar-refractivity contribution in [2.24, 2.45) is 0 Å². The van der Waals surface area contributed by atoms with E-state index in [0.29, 0.717) is 22.5 Å². The SMILES string of the molecule is Cc1sc2ncn(CC(=O)NCc3ccco3)c(=O)c2c1C. The fourth-order valence-electron chi connectivity index (χ4n) is 2.19. The van der Waals surface area contributed by atoms with Crippen LogP contribution in [0.5, 0.6) is 0 Å². The van der Waals surface area contributed by atoms with Gasteiger partial charge in [-0.25, -0.2) is 4.98 Å². The molecular weight excluding hydrogens is 302 g/mol. The van der Waals surface area contributed by atoms with Crippen molar-refractivity contribution in [2.75, 3.05) is 0 Å². The summed E-state index contributed by atoms with van der Waals surface area (Å²) < 4.78 is 6.47. The third kappa shape index (κ3) is 2.67. The second kappa shape index (κ2) is 5.76. The van der Waals surface area contributed by atoms with Crippen molar-refractivity contribution < 1.29 is 9.21 Å². The number of nitrogens with zero attached hydrogens (tertiary/aromatic N) is 2. The Balaban J connectivity index is 1.79. The van der Waals surface area contributed by atoms with E-state index in [1.165, 1.54) is 22.2 Å². The van der Waals surface area contributed by atoms with Gasteiger partial charge in [0.25, 0.3) is 5.56 Å². The van der Waals surface area contributed by atoms with Crippen LogP contribution in [0.1, 0.15) is 16.2 Å². The van der Waals surface area contributed by atoms with E-state index in [4.69, 9.17) is 4.42 Å². The molecule has 0 atom stereocenters. The molecule has 0 aliphatic heterocycles. The summed E-state index contributed by atoms with van der Waals surface area (Å²) in [5, 5.41) is 3.31. The lowest BCUT2D eigenvalue weighted by Crippen LogP contribution is -2.32. The van der Waals surface area contributed by atoms with E-state index >= 15 is 0 Å². The minimum atomic E-state index is -0.260. The number of carbonyl (C=O) groups is 1. The number of thiophene rings is 1. The Hall–Kier alpha value is -2.41. The molecule has 0 aromatic carbocycles. The largest absolute Gasteiger partial charge is 0.467 e. The van der Waals surface area contributed by atoms with Crippen molar-refractivity contribution >= 4 is 27.5 Å². The number of hydrogen-bond donors (Lipinski definition) is 1. The minimum absolute atomic E-state index is 0.0587. The van der Waals surface area contributed by atoms with Crippen LogP contribution in [-0.4, -0.2) is 15.5 Å². The fraction of sp³-hybridized carbons (Fsp3) is 0.267. The molecule has 7 heteroatoms. The summed E-state index contributed by atoms with van der Waals surface area (Å²) in [7, 11) is 0. The average molecular weight is 317 g/mol. The molecule has 0 saturated carbocycles. The molecule has 0 radical (unpaired) electrons. The van der Waals surface area contributed by atoms with Gasteiger partial charge in [-0.15, -0.1) is 11.3 Å². The molecule has 0 unspecified atom stereocenters. The molecule has 114 valence electrons. The number of aromatic nitrogens is 2. The average Bonchev–Trinajstić information content (AvgIpc) is 3.09. The number of rotatable bonds is 4. The second-order valence-electron chi connectivity index (χ2n) is 5.00. The van der Waals surface area contributed by atoms with Gasteiger partial charge in [-0.1, -0.05) is 0 Å². The van der Waals surface area contributed by atoms with Gasteiger partial charge in [0.1, 0.15) is 17.1 Å². The zero-order valence-corrected chi connectivity index (χ0v) is 13.1. The van der Waals surface area contributed by atoms with Crippen molar-refractivity contribution in [2.45, 2.75) is 26.9 Å². The third-order valence-corrected chi connectivity index (χ3v) is 4.62. The summed E-state index contributed by atoms with van der Waals surface area (Å²) in [6.45, 7) is 4.10. The summed E-state index contributed by atoms with van der Waals surface area (Å²) in [5.41, 5.74) is 0.753. The van der Waals surface area contributed by atoms with Crippen LogP contribution in [0, 0.1) is 13.8 Å². The predicted molar refractivity (Wildman–Crippen MR) is 83.9 cm³/mol. The normalized spacial score (nSPS) is 11.0. The molecule has 3 aromatic rings. The van der Waals surface area contributed by atoms with E-state index in [1.807, 2.05) is 13.8 Å². The van der Waals surface area contributed by atoms with Gasteiger partial charge in [0.2, 0.25) is 5.91 Å². The lowest BCUT2D eigenvalue weighted by Gasteiger charge is -2.06. The van der Waals surface area contributed by atoms with Crippen molar-refractivity contribution in [1.29, 1.82) is 0 Å². The molecule has 22 heavy (non-hydrogen) atoms. The summed E-state index contributed by atoms with van der Waals surface area (Å²) in [4.78, 5) is 30.5. The number of furan rings is 1. The molecule has 1 amide bonds. The van der Waals surface area contributed by atoms with Crippen LogP contribution in [0.15, 0.2) is 33.9 Å². The van der Waals surface area contributed by atoms with Gasteiger partial charge in [-0.2, -0.15) is 0 Å². The van der Waals surface area contributed by atoms with Crippen molar-refractivity contribution in [3.63, 3.8) is 0 Å². The Morgan fingerprint density at radius 2 is 2.27 bits per heavy atom. The molecule has 3 heterocycles. The summed E-state index contributed by atoms with van der Waals surface area (Å²) >= 11 is 1.49. The van der Waals surface area contributed by atoms with Gasteiger partial charge >= 0.3 is 0 Å². The zero-order chi connectivity index (χ0) is 15.7. The Kier molecular flexibility index (Phi) is 3.81. The maximum Gasteiger partial charge on any atom is 0.262 e. The van der Waals surface area contributed by atoms with E-state index in [9.17, 15) is 9.59 Å². The highest BCUT2D eigenvalue weighted by molar-refractivity contribution is 7.18. The van der Waals surface area contributed by atoms with E-state index < -0.39 is 0 Å². The number of aryl methyl sites for hydroxylation is 2. The second-order valence-corrected chi connectivity index (χ2v) is 6.20. The van der Waals surface area contributed by atoms with Crippen molar-refractivity contribution in [3.8, 4) is 0 Å². The molecular formula is C15H15N3O3S. The highest BCUT2D eigenvalue weighted by atomic mass is 32.1. The molecule has 0 bridgehead atoms. The summed E-state index contributed by atoms with van der Waals surface area (Å²) in [6, 6.07) is 3.53. The summed E-state index contributed by atoms with van der Waals surface area (Å²) in [6.07, 6.45) is 2.97. The Labute approximate surface area is 130 Å². The predicted octanol–water partition coefficient (Wildman–Crippen LogP) is 1.98. The molecule has 6 nitrogen and oxygen atoms in total. The van der Waals surface area contributed by atoms with Gasteiger partial charge in [0, 0.05) is 4.88 Å². The highest BCUT2D eigenvalue weighted by Gasteiger charge is 2.13. The quantitative estimate of drug-likeness (QED) is 0.798. The first-order valence-electron chi connectivity index (χ1n) is 6.80. The molecule has 0 fully saturated rings. The van der Waals surface area contributed by atoms with Gasteiger partial charge in [0.15, 0.2) is 0 Å². The minimum Gasteiger partial charge on any atom is -0.467 e. The fourth-order valence-corrected chi connectivity index (χ4v) is 3.18. The molecule has 0 spiro atoms. The standard InChI is InChI=1S/C15H15N3O3S/c1-9-10(2)22-14-13(9)15(20)18(8-17-14)7-12(19)16-6-11-4-3-5-21-11/h3-5,8H,6-7H2,1-2H3,(H,16,19). The first-order chi connectivity index (χ1) is 10.6. The zero-order valence-electron chi connectivity index (χ0n) is 12.3. The first-order valence-corrected chi connectivity index (χ1v) is 7.62. The Morgan fingerprint density at radius 1 is 1.45 bits per heavy atom. The molecule has 0 aliphatic rings. The van der Waals surface area contributed by atoms with Crippen LogP contribution >= 0.6 is 11.3 Å². The number of amides is 1. The highest BCUT2D eigenvalue weighted by Crippen LogP contribution is 2.25. The maximum atomic E-state index is 12.5. The molecule has 1 N–H and O–H groups in total. The molecule has 3 rings (SSSR count). The number of carbonyl (C=O) groups excluding carboxylic acids is 1. The third-order valence-electron chi connectivity index (χ3n) is 3.51. The topological polar surface area (TPSA) is 77.1 Å². The number of fused-ring (bicyclic) bond motifs is 1. The van der Waals surface area contributed by atoms with Crippen molar-refractivity contribution in [3.05, 3.63) is 51.3 Å².